The van der Waals surface area contributed by atoms with Gasteiger partial charge in [0.25, 0.3) is 0 Å². The van der Waals surface area contributed by atoms with Crippen molar-refractivity contribution in [2.75, 3.05) is 14.1 Å². The summed E-state index contributed by atoms with van der Waals surface area (Å²) in [6.45, 7) is 0.609. The minimum Gasteiger partial charge on any atom is -0.349 e. The second kappa shape index (κ2) is 5.72. The van der Waals surface area contributed by atoms with Crippen molar-refractivity contribution in [1.82, 2.24) is 25.1 Å². The summed E-state index contributed by atoms with van der Waals surface area (Å²) in [5, 5.41) is 14.2. The molecule has 2 aromatic rings. The standard InChI is InChI=1S/C11H15N5OS/c1-15(2)10(17)6-3-7-16-13-11(12-14-16)9-5-4-8-18-9/h4-5,8H,3,6-7H2,1-2H3. The first-order valence-electron chi connectivity index (χ1n) is 5.68. The number of aryl methyl sites for hydroxylation is 1. The summed E-state index contributed by atoms with van der Waals surface area (Å²) in [4.78, 5) is 15.5. The summed E-state index contributed by atoms with van der Waals surface area (Å²) in [6.07, 6.45) is 1.22. The second-order valence-electron chi connectivity index (χ2n) is 4.08. The van der Waals surface area contributed by atoms with Crippen molar-refractivity contribution in [2.24, 2.45) is 0 Å². The summed E-state index contributed by atoms with van der Waals surface area (Å²) in [5.74, 6) is 0.762. The van der Waals surface area contributed by atoms with Crippen molar-refractivity contribution in [3.8, 4) is 10.7 Å². The van der Waals surface area contributed by atoms with Gasteiger partial charge < -0.3 is 4.90 Å². The van der Waals surface area contributed by atoms with E-state index in [1.54, 1.807) is 30.3 Å². The maximum absolute atomic E-state index is 11.4. The lowest BCUT2D eigenvalue weighted by Crippen LogP contribution is -2.21. The molecule has 0 N–H and O–H groups in total. The summed E-state index contributed by atoms with van der Waals surface area (Å²) in [5.41, 5.74) is 0. The van der Waals surface area contributed by atoms with Crippen molar-refractivity contribution >= 4 is 17.2 Å². The Bertz CT molecular complexity index is 505. The number of rotatable bonds is 5. The average Bonchev–Trinajstić information content (AvgIpc) is 2.98. The Labute approximate surface area is 109 Å². The lowest BCUT2D eigenvalue weighted by atomic mass is 10.3. The molecule has 7 heteroatoms. The Morgan fingerprint density at radius 2 is 2.33 bits per heavy atom. The molecular weight excluding hydrogens is 250 g/mol. The molecular formula is C11H15N5OS. The van der Waals surface area contributed by atoms with Crippen LogP contribution in [0.1, 0.15) is 12.8 Å². The fourth-order valence-corrected chi connectivity index (χ4v) is 2.09. The van der Waals surface area contributed by atoms with Crippen molar-refractivity contribution in [3.63, 3.8) is 0 Å². The zero-order valence-electron chi connectivity index (χ0n) is 10.4. The van der Waals surface area contributed by atoms with E-state index in [-0.39, 0.29) is 5.91 Å². The van der Waals surface area contributed by atoms with Crippen LogP contribution in [0, 0.1) is 0 Å². The lowest BCUT2D eigenvalue weighted by molar-refractivity contribution is -0.128. The molecule has 0 radical (unpaired) electrons. The molecule has 0 atom stereocenters. The van der Waals surface area contributed by atoms with E-state index in [4.69, 9.17) is 0 Å². The molecule has 6 nitrogen and oxygen atoms in total. The molecule has 0 aliphatic carbocycles. The first-order valence-corrected chi connectivity index (χ1v) is 6.56. The highest BCUT2D eigenvalue weighted by Gasteiger charge is 2.08. The first kappa shape index (κ1) is 12.7. The van der Waals surface area contributed by atoms with E-state index in [2.05, 4.69) is 15.4 Å². The van der Waals surface area contributed by atoms with Crippen LogP contribution in [0.4, 0.5) is 0 Å². The largest absolute Gasteiger partial charge is 0.349 e. The van der Waals surface area contributed by atoms with Gasteiger partial charge >= 0.3 is 0 Å². The van der Waals surface area contributed by atoms with Crippen LogP contribution in [0.2, 0.25) is 0 Å². The maximum Gasteiger partial charge on any atom is 0.222 e. The second-order valence-corrected chi connectivity index (χ2v) is 5.03. The fourth-order valence-electron chi connectivity index (χ4n) is 1.44. The molecule has 2 heterocycles. The summed E-state index contributed by atoms with van der Waals surface area (Å²) >= 11 is 1.58. The maximum atomic E-state index is 11.4. The van der Waals surface area contributed by atoms with Gasteiger partial charge in [-0.3, -0.25) is 4.79 Å². The van der Waals surface area contributed by atoms with E-state index in [0.29, 0.717) is 18.8 Å². The molecule has 0 bridgehead atoms. The van der Waals surface area contributed by atoms with Gasteiger partial charge in [-0.1, -0.05) is 6.07 Å². The predicted molar refractivity (Wildman–Crippen MR) is 69.1 cm³/mol. The van der Waals surface area contributed by atoms with E-state index in [0.717, 1.165) is 11.3 Å². The monoisotopic (exact) mass is 265 g/mol. The van der Waals surface area contributed by atoms with Crippen LogP contribution >= 0.6 is 11.3 Å². The molecule has 0 unspecified atom stereocenters. The van der Waals surface area contributed by atoms with E-state index >= 15 is 0 Å². The van der Waals surface area contributed by atoms with Gasteiger partial charge in [0.15, 0.2) is 0 Å². The number of aromatic nitrogens is 4. The zero-order valence-corrected chi connectivity index (χ0v) is 11.2. The summed E-state index contributed by atoms with van der Waals surface area (Å²) in [6, 6.07) is 3.91. The van der Waals surface area contributed by atoms with Crippen molar-refractivity contribution in [1.29, 1.82) is 0 Å². The Morgan fingerprint density at radius 1 is 1.50 bits per heavy atom. The van der Waals surface area contributed by atoms with Gasteiger partial charge in [0.05, 0.1) is 11.4 Å². The average molecular weight is 265 g/mol. The molecule has 2 aromatic heterocycles. The van der Waals surface area contributed by atoms with E-state index in [9.17, 15) is 4.79 Å². The Balaban J connectivity index is 1.86. The molecule has 2 rings (SSSR count). The summed E-state index contributed by atoms with van der Waals surface area (Å²) < 4.78 is 0. The van der Waals surface area contributed by atoms with Gasteiger partial charge in [-0.2, -0.15) is 4.80 Å². The minimum absolute atomic E-state index is 0.119. The van der Waals surface area contributed by atoms with Crippen LogP contribution in [-0.2, 0) is 11.3 Å². The third kappa shape index (κ3) is 3.13. The molecule has 0 aliphatic heterocycles. The minimum atomic E-state index is 0.119. The van der Waals surface area contributed by atoms with E-state index < -0.39 is 0 Å². The highest BCUT2D eigenvalue weighted by atomic mass is 32.1. The van der Waals surface area contributed by atoms with Gasteiger partial charge in [-0.05, 0) is 23.1 Å². The van der Waals surface area contributed by atoms with Gasteiger partial charge in [0.1, 0.15) is 0 Å². The number of tetrazole rings is 1. The van der Waals surface area contributed by atoms with E-state index in [1.807, 2.05) is 17.5 Å². The highest BCUT2D eigenvalue weighted by molar-refractivity contribution is 7.13. The third-order valence-electron chi connectivity index (χ3n) is 2.44. The topological polar surface area (TPSA) is 63.9 Å². The van der Waals surface area contributed by atoms with Gasteiger partial charge in [-0.25, -0.2) is 0 Å². The number of carbonyl (C=O) groups is 1. The van der Waals surface area contributed by atoms with Crippen LogP contribution < -0.4 is 0 Å². The molecule has 1 amide bonds. The number of nitrogens with zero attached hydrogens (tertiary/aromatic N) is 5. The number of hydrogen-bond acceptors (Lipinski definition) is 5. The SMILES string of the molecule is CN(C)C(=O)CCCn1nnc(-c2cccs2)n1. The third-order valence-corrected chi connectivity index (χ3v) is 3.31. The summed E-state index contributed by atoms with van der Waals surface area (Å²) in [7, 11) is 3.51. The zero-order chi connectivity index (χ0) is 13.0. The molecule has 0 saturated carbocycles. The Hall–Kier alpha value is -1.76. The number of thiophene rings is 1. The van der Waals surface area contributed by atoms with Crippen LogP contribution in [0.5, 0.6) is 0 Å². The predicted octanol–water partition coefficient (Wildman–Crippen LogP) is 1.27. The quantitative estimate of drug-likeness (QED) is 0.816. The van der Waals surface area contributed by atoms with Crippen molar-refractivity contribution in [3.05, 3.63) is 17.5 Å². The van der Waals surface area contributed by atoms with E-state index in [1.165, 1.54) is 4.80 Å². The number of carbonyl (C=O) groups excluding carboxylic acids is 1. The van der Waals surface area contributed by atoms with Crippen molar-refractivity contribution < 1.29 is 4.79 Å². The Kier molecular flexibility index (Phi) is 4.03. The fraction of sp³-hybridized carbons (Fsp3) is 0.455. The van der Waals surface area contributed by atoms with Gasteiger partial charge in [0.2, 0.25) is 11.7 Å². The molecule has 96 valence electrons. The molecule has 0 aliphatic rings. The van der Waals surface area contributed by atoms with Crippen LogP contribution in [0.25, 0.3) is 10.7 Å². The molecule has 0 saturated heterocycles. The lowest BCUT2D eigenvalue weighted by Gasteiger charge is -2.08. The van der Waals surface area contributed by atoms with Crippen LogP contribution in [-0.4, -0.2) is 45.1 Å². The molecule has 0 fully saturated rings. The molecule has 0 spiro atoms. The van der Waals surface area contributed by atoms with Gasteiger partial charge in [-0.15, -0.1) is 21.5 Å². The van der Waals surface area contributed by atoms with Crippen LogP contribution in [0.3, 0.4) is 0 Å². The highest BCUT2D eigenvalue weighted by Crippen LogP contribution is 2.19. The molecule has 0 aromatic carbocycles. The Morgan fingerprint density at radius 3 is 3.00 bits per heavy atom. The number of hydrogen-bond donors (Lipinski definition) is 0. The van der Waals surface area contributed by atoms with Gasteiger partial charge in [0, 0.05) is 20.5 Å². The smallest absolute Gasteiger partial charge is 0.222 e. The first-order chi connectivity index (χ1) is 8.66. The normalized spacial score (nSPS) is 10.6. The number of amides is 1. The van der Waals surface area contributed by atoms with Crippen molar-refractivity contribution in [2.45, 2.75) is 19.4 Å². The molecule has 18 heavy (non-hydrogen) atoms. The van der Waals surface area contributed by atoms with Crippen LogP contribution in [0.15, 0.2) is 17.5 Å².